The first-order chi connectivity index (χ1) is 8.76. The molecule has 0 aliphatic heterocycles. The van der Waals surface area contributed by atoms with Crippen LogP contribution in [0, 0.1) is 0 Å². The number of nitrogens with one attached hydrogen (secondary N) is 1. The van der Waals surface area contributed by atoms with Crippen molar-refractivity contribution in [2.45, 2.75) is 12.5 Å². The SMILES string of the molecule is COc1ccccc1CC(NN)c1cncn1C. The van der Waals surface area contributed by atoms with Crippen molar-refractivity contribution in [2.75, 3.05) is 7.11 Å². The minimum Gasteiger partial charge on any atom is -0.496 e. The summed E-state index contributed by atoms with van der Waals surface area (Å²) < 4.78 is 7.31. The molecule has 1 aromatic carbocycles. The van der Waals surface area contributed by atoms with Gasteiger partial charge in [0, 0.05) is 13.2 Å². The van der Waals surface area contributed by atoms with Crippen LogP contribution in [0.4, 0.5) is 0 Å². The highest BCUT2D eigenvalue weighted by Crippen LogP contribution is 2.24. The summed E-state index contributed by atoms with van der Waals surface area (Å²) >= 11 is 0. The van der Waals surface area contributed by atoms with Crippen LogP contribution in [0.5, 0.6) is 5.75 Å². The standard InChI is InChI=1S/C13H18N4O/c1-17-9-15-8-12(17)11(16-14)7-10-5-3-4-6-13(10)18-2/h3-6,8-9,11,16H,7,14H2,1-2H3. The van der Waals surface area contributed by atoms with Crippen LogP contribution >= 0.6 is 0 Å². The van der Waals surface area contributed by atoms with Gasteiger partial charge < -0.3 is 9.30 Å². The predicted octanol–water partition coefficient (Wildman–Crippen LogP) is 1.18. The number of aromatic nitrogens is 2. The Bertz CT molecular complexity index is 509. The van der Waals surface area contributed by atoms with E-state index in [0.29, 0.717) is 0 Å². The van der Waals surface area contributed by atoms with E-state index >= 15 is 0 Å². The van der Waals surface area contributed by atoms with E-state index in [2.05, 4.69) is 10.4 Å². The molecule has 2 aromatic rings. The molecule has 1 heterocycles. The molecule has 0 radical (unpaired) electrons. The van der Waals surface area contributed by atoms with E-state index in [-0.39, 0.29) is 6.04 Å². The van der Waals surface area contributed by atoms with E-state index in [1.807, 2.05) is 42.1 Å². The van der Waals surface area contributed by atoms with Gasteiger partial charge in [0.15, 0.2) is 0 Å². The second-order valence-electron chi connectivity index (χ2n) is 4.16. The van der Waals surface area contributed by atoms with E-state index in [9.17, 15) is 0 Å². The van der Waals surface area contributed by atoms with E-state index in [0.717, 1.165) is 23.4 Å². The first-order valence-corrected chi connectivity index (χ1v) is 5.80. The van der Waals surface area contributed by atoms with Crippen molar-refractivity contribution >= 4 is 0 Å². The molecule has 5 nitrogen and oxygen atoms in total. The predicted molar refractivity (Wildman–Crippen MR) is 70.0 cm³/mol. The fraction of sp³-hybridized carbons (Fsp3) is 0.308. The molecular formula is C13H18N4O. The topological polar surface area (TPSA) is 65.1 Å². The third-order valence-electron chi connectivity index (χ3n) is 3.03. The molecule has 0 saturated heterocycles. The number of aryl methyl sites for hydroxylation is 1. The van der Waals surface area contributed by atoms with Gasteiger partial charge in [-0.2, -0.15) is 0 Å². The number of imidazole rings is 1. The Morgan fingerprint density at radius 1 is 1.44 bits per heavy atom. The second-order valence-corrected chi connectivity index (χ2v) is 4.16. The van der Waals surface area contributed by atoms with Crippen LogP contribution < -0.4 is 16.0 Å². The molecule has 5 heteroatoms. The van der Waals surface area contributed by atoms with Crippen molar-refractivity contribution in [3.05, 3.63) is 48.0 Å². The average Bonchev–Trinajstić information content (AvgIpc) is 2.82. The minimum absolute atomic E-state index is 0.00815. The van der Waals surface area contributed by atoms with E-state index in [1.54, 1.807) is 13.4 Å². The largest absolute Gasteiger partial charge is 0.496 e. The van der Waals surface area contributed by atoms with Crippen molar-refractivity contribution < 1.29 is 4.74 Å². The Labute approximate surface area is 107 Å². The summed E-state index contributed by atoms with van der Waals surface area (Å²) in [5, 5.41) is 0. The number of hydrogen-bond donors (Lipinski definition) is 2. The Balaban J connectivity index is 2.23. The van der Waals surface area contributed by atoms with Gasteiger partial charge in [-0.05, 0) is 18.1 Å². The highest BCUT2D eigenvalue weighted by atomic mass is 16.5. The number of para-hydroxylation sites is 1. The molecule has 0 saturated carbocycles. The van der Waals surface area contributed by atoms with Crippen LogP contribution in [0.15, 0.2) is 36.8 Å². The third kappa shape index (κ3) is 2.52. The lowest BCUT2D eigenvalue weighted by atomic mass is 10.0. The molecule has 0 amide bonds. The fourth-order valence-corrected chi connectivity index (χ4v) is 2.04. The lowest BCUT2D eigenvalue weighted by molar-refractivity contribution is 0.404. The summed E-state index contributed by atoms with van der Waals surface area (Å²) in [6.07, 6.45) is 4.34. The quantitative estimate of drug-likeness (QED) is 0.614. The van der Waals surface area contributed by atoms with Crippen LogP contribution in [-0.4, -0.2) is 16.7 Å². The van der Waals surface area contributed by atoms with Crippen molar-refractivity contribution in [2.24, 2.45) is 12.9 Å². The number of nitrogens with zero attached hydrogens (tertiary/aromatic N) is 2. The molecule has 0 fully saturated rings. The maximum absolute atomic E-state index is 5.64. The highest BCUT2D eigenvalue weighted by Gasteiger charge is 2.15. The molecule has 0 aliphatic carbocycles. The Morgan fingerprint density at radius 2 is 2.22 bits per heavy atom. The first kappa shape index (κ1) is 12.6. The zero-order valence-corrected chi connectivity index (χ0v) is 10.6. The normalized spacial score (nSPS) is 12.4. The lowest BCUT2D eigenvalue weighted by Crippen LogP contribution is -2.31. The molecule has 3 N–H and O–H groups in total. The van der Waals surface area contributed by atoms with E-state index < -0.39 is 0 Å². The molecule has 2 rings (SSSR count). The van der Waals surface area contributed by atoms with Gasteiger partial charge in [0.1, 0.15) is 5.75 Å². The van der Waals surface area contributed by atoms with Crippen LogP contribution in [0.1, 0.15) is 17.3 Å². The van der Waals surface area contributed by atoms with Crippen LogP contribution in [-0.2, 0) is 13.5 Å². The van der Waals surface area contributed by atoms with Gasteiger partial charge in [0.2, 0.25) is 0 Å². The zero-order valence-electron chi connectivity index (χ0n) is 10.6. The fourth-order valence-electron chi connectivity index (χ4n) is 2.04. The van der Waals surface area contributed by atoms with Crippen molar-refractivity contribution in [1.29, 1.82) is 0 Å². The van der Waals surface area contributed by atoms with Crippen LogP contribution in [0.2, 0.25) is 0 Å². The summed E-state index contributed by atoms with van der Waals surface area (Å²) in [6, 6.07) is 7.95. The van der Waals surface area contributed by atoms with E-state index in [1.165, 1.54) is 0 Å². The smallest absolute Gasteiger partial charge is 0.122 e. The summed E-state index contributed by atoms with van der Waals surface area (Å²) in [5.41, 5.74) is 4.99. The number of benzene rings is 1. The number of nitrogens with two attached hydrogens (primary N) is 1. The first-order valence-electron chi connectivity index (χ1n) is 5.80. The number of ether oxygens (including phenoxy) is 1. The van der Waals surface area contributed by atoms with Crippen molar-refractivity contribution in [1.82, 2.24) is 15.0 Å². The lowest BCUT2D eigenvalue weighted by Gasteiger charge is -2.17. The summed E-state index contributed by atoms with van der Waals surface area (Å²) in [7, 11) is 3.63. The van der Waals surface area contributed by atoms with Crippen LogP contribution in [0.3, 0.4) is 0 Å². The highest BCUT2D eigenvalue weighted by molar-refractivity contribution is 5.34. The minimum atomic E-state index is 0.00815. The van der Waals surface area contributed by atoms with E-state index in [4.69, 9.17) is 10.6 Å². The summed E-state index contributed by atoms with van der Waals surface area (Å²) in [5.74, 6) is 6.52. The van der Waals surface area contributed by atoms with Gasteiger partial charge in [0.25, 0.3) is 0 Å². The Hall–Kier alpha value is -1.85. The third-order valence-corrected chi connectivity index (χ3v) is 3.03. The monoisotopic (exact) mass is 246 g/mol. The zero-order chi connectivity index (χ0) is 13.0. The van der Waals surface area contributed by atoms with Gasteiger partial charge in [0.05, 0.1) is 25.2 Å². The summed E-state index contributed by atoms with van der Waals surface area (Å²) in [4.78, 5) is 4.11. The molecule has 0 aliphatic rings. The number of methoxy groups -OCH3 is 1. The number of rotatable bonds is 5. The van der Waals surface area contributed by atoms with Gasteiger partial charge >= 0.3 is 0 Å². The number of hydrazine groups is 1. The molecule has 1 atom stereocenters. The molecule has 0 bridgehead atoms. The molecule has 0 spiro atoms. The second kappa shape index (κ2) is 5.66. The average molecular weight is 246 g/mol. The molecule has 1 unspecified atom stereocenters. The van der Waals surface area contributed by atoms with Crippen molar-refractivity contribution in [3.63, 3.8) is 0 Å². The Kier molecular flexibility index (Phi) is 3.96. The molecule has 96 valence electrons. The molecular weight excluding hydrogens is 228 g/mol. The maximum Gasteiger partial charge on any atom is 0.122 e. The molecule has 18 heavy (non-hydrogen) atoms. The van der Waals surface area contributed by atoms with Crippen molar-refractivity contribution in [3.8, 4) is 5.75 Å². The van der Waals surface area contributed by atoms with Gasteiger partial charge in [-0.1, -0.05) is 18.2 Å². The number of hydrogen-bond acceptors (Lipinski definition) is 4. The van der Waals surface area contributed by atoms with Gasteiger partial charge in [-0.15, -0.1) is 0 Å². The Morgan fingerprint density at radius 3 is 2.83 bits per heavy atom. The summed E-state index contributed by atoms with van der Waals surface area (Å²) in [6.45, 7) is 0. The van der Waals surface area contributed by atoms with Gasteiger partial charge in [-0.3, -0.25) is 11.3 Å². The molecule has 1 aromatic heterocycles. The van der Waals surface area contributed by atoms with Gasteiger partial charge in [-0.25, -0.2) is 4.98 Å². The maximum atomic E-state index is 5.64. The van der Waals surface area contributed by atoms with Crippen LogP contribution in [0.25, 0.3) is 0 Å².